The van der Waals surface area contributed by atoms with E-state index in [9.17, 15) is 4.39 Å². The van der Waals surface area contributed by atoms with Crippen molar-refractivity contribution in [1.29, 1.82) is 0 Å². The van der Waals surface area contributed by atoms with Crippen molar-refractivity contribution in [2.24, 2.45) is 5.10 Å². The average Bonchev–Trinajstić information content (AvgIpc) is 2.83. The van der Waals surface area contributed by atoms with Crippen molar-refractivity contribution in [3.05, 3.63) is 83.7 Å². The largest absolute Gasteiger partial charge is 0.492 e. The molecule has 3 aromatic rings. The van der Waals surface area contributed by atoms with Gasteiger partial charge in [-0.3, -0.25) is 5.43 Å². The van der Waals surface area contributed by atoms with Gasteiger partial charge in [0.2, 0.25) is 0 Å². The van der Waals surface area contributed by atoms with Gasteiger partial charge in [0.25, 0.3) is 0 Å². The lowest BCUT2D eigenvalue weighted by Crippen LogP contribution is -2.37. The summed E-state index contributed by atoms with van der Waals surface area (Å²) in [4.78, 5) is 0. The van der Waals surface area contributed by atoms with Crippen LogP contribution in [0.5, 0.6) is 17.2 Å². The van der Waals surface area contributed by atoms with Gasteiger partial charge in [0.15, 0.2) is 5.11 Å². The molecule has 2 N–H and O–H groups in total. The lowest BCUT2D eigenvalue weighted by molar-refractivity contribution is 0.111. The highest BCUT2D eigenvalue weighted by atomic mass is 32.1. The zero-order valence-corrected chi connectivity index (χ0v) is 20.7. The number of nitrogens with zero attached hydrogens (tertiary/aromatic N) is 1. The minimum absolute atomic E-state index is 0.274. The van der Waals surface area contributed by atoms with Crippen molar-refractivity contribution in [3.63, 3.8) is 0 Å². The standard InChI is InChI=1S/C27H28FN3O3S/c1-4-32-25-8-6-5-7-22(25)29-26(35)31-30-23-16-27(2,3)34-24-14-13-20(15-21(23)24)33-17-18-9-11-19(28)12-10-18/h5-15H,4,16-17H2,1-3H3,(H2,29,31,35)/b30-23+. The molecule has 182 valence electrons. The fourth-order valence-electron chi connectivity index (χ4n) is 3.71. The first kappa shape index (κ1) is 24.5. The summed E-state index contributed by atoms with van der Waals surface area (Å²) in [5.41, 5.74) is 5.78. The highest BCUT2D eigenvalue weighted by Gasteiger charge is 2.31. The van der Waals surface area contributed by atoms with Crippen LogP contribution in [-0.2, 0) is 6.61 Å². The lowest BCUT2D eigenvalue weighted by atomic mass is 9.92. The normalized spacial score (nSPS) is 15.0. The van der Waals surface area contributed by atoms with E-state index in [1.54, 1.807) is 12.1 Å². The molecule has 35 heavy (non-hydrogen) atoms. The lowest BCUT2D eigenvalue weighted by Gasteiger charge is -2.33. The van der Waals surface area contributed by atoms with E-state index in [4.69, 9.17) is 26.4 Å². The second kappa shape index (κ2) is 10.7. The van der Waals surface area contributed by atoms with Crippen molar-refractivity contribution in [3.8, 4) is 17.2 Å². The van der Waals surface area contributed by atoms with Gasteiger partial charge in [-0.2, -0.15) is 5.10 Å². The third kappa shape index (κ3) is 6.48. The summed E-state index contributed by atoms with van der Waals surface area (Å²) in [5, 5.41) is 8.09. The number of fused-ring (bicyclic) bond motifs is 1. The van der Waals surface area contributed by atoms with Crippen LogP contribution in [0.2, 0.25) is 0 Å². The second-order valence-corrected chi connectivity index (χ2v) is 9.07. The fourth-order valence-corrected chi connectivity index (χ4v) is 3.87. The Morgan fingerprint density at radius 1 is 1.09 bits per heavy atom. The molecule has 0 spiro atoms. The summed E-state index contributed by atoms with van der Waals surface area (Å²) in [6.07, 6.45) is 0.576. The van der Waals surface area contributed by atoms with E-state index in [0.717, 1.165) is 28.3 Å². The maximum atomic E-state index is 13.2. The Hall–Kier alpha value is -3.65. The molecule has 0 saturated carbocycles. The van der Waals surface area contributed by atoms with Crippen molar-refractivity contribution >= 4 is 28.7 Å². The highest BCUT2D eigenvalue weighted by Crippen LogP contribution is 2.35. The van der Waals surface area contributed by atoms with Gasteiger partial charge < -0.3 is 19.5 Å². The number of thiocarbonyl (C=S) groups is 1. The van der Waals surface area contributed by atoms with Crippen molar-refractivity contribution in [2.45, 2.75) is 39.4 Å². The summed E-state index contributed by atoms with van der Waals surface area (Å²) in [6.45, 7) is 6.84. The van der Waals surface area contributed by atoms with E-state index < -0.39 is 5.60 Å². The number of para-hydroxylation sites is 2. The molecular formula is C27H28FN3O3S. The average molecular weight is 494 g/mol. The van der Waals surface area contributed by atoms with Crippen LogP contribution in [0.15, 0.2) is 71.8 Å². The Morgan fingerprint density at radius 3 is 2.63 bits per heavy atom. The molecule has 0 bridgehead atoms. The Bertz CT molecular complexity index is 1230. The predicted octanol–water partition coefficient (Wildman–Crippen LogP) is 6.06. The van der Waals surface area contributed by atoms with Crippen LogP contribution in [0.3, 0.4) is 0 Å². The molecule has 0 saturated heterocycles. The van der Waals surface area contributed by atoms with Gasteiger partial charge in [-0.1, -0.05) is 24.3 Å². The molecule has 0 unspecified atom stereocenters. The molecule has 6 nitrogen and oxygen atoms in total. The van der Waals surface area contributed by atoms with E-state index in [0.29, 0.717) is 36.2 Å². The van der Waals surface area contributed by atoms with Crippen LogP contribution >= 0.6 is 12.2 Å². The topological polar surface area (TPSA) is 64.1 Å². The molecular weight excluding hydrogens is 465 g/mol. The Morgan fingerprint density at radius 2 is 1.86 bits per heavy atom. The van der Waals surface area contributed by atoms with Gasteiger partial charge in [-0.05, 0) is 81.0 Å². The Labute approximate surface area is 210 Å². The molecule has 0 radical (unpaired) electrons. The van der Waals surface area contributed by atoms with Gasteiger partial charge in [0.1, 0.15) is 35.3 Å². The number of anilines is 1. The van der Waals surface area contributed by atoms with Crippen LogP contribution in [0.4, 0.5) is 10.1 Å². The van der Waals surface area contributed by atoms with Crippen LogP contribution < -0.4 is 25.0 Å². The quantitative estimate of drug-likeness (QED) is 0.308. The number of hydrogen-bond donors (Lipinski definition) is 2. The van der Waals surface area contributed by atoms with Crippen LogP contribution in [-0.4, -0.2) is 23.0 Å². The molecule has 0 fully saturated rings. The number of ether oxygens (including phenoxy) is 3. The third-order valence-electron chi connectivity index (χ3n) is 5.29. The zero-order chi connectivity index (χ0) is 24.8. The molecule has 0 aromatic heterocycles. The van der Waals surface area contributed by atoms with Gasteiger partial charge in [0, 0.05) is 12.0 Å². The predicted molar refractivity (Wildman–Crippen MR) is 140 cm³/mol. The van der Waals surface area contributed by atoms with E-state index in [2.05, 4.69) is 15.8 Å². The number of hydrogen-bond acceptors (Lipinski definition) is 5. The van der Waals surface area contributed by atoms with Gasteiger partial charge >= 0.3 is 0 Å². The van der Waals surface area contributed by atoms with Gasteiger partial charge in [0.05, 0.1) is 18.0 Å². The summed E-state index contributed by atoms with van der Waals surface area (Å²) in [6, 6.07) is 19.5. The van der Waals surface area contributed by atoms with Crippen molar-refractivity contribution in [2.75, 3.05) is 11.9 Å². The molecule has 0 amide bonds. The van der Waals surface area contributed by atoms with E-state index in [-0.39, 0.29) is 5.82 Å². The fraction of sp³-hybridized carbons (Fsp3) is 0.259. The van der Waals surface area contributed by atoms with E-state index in [1.807, 2.05) is 63.2 Å². The van der Waals surface area contributed by atoms with Crippen LogP contribution in [0.1, 0.15) is 38.3 Å². The van der Waals surface area contributed by atoms with Crippen LogP contribution in [0, 0.1) is 5.82 Å². The number of benzene rings is 3. The molecule has 0 aliphatic carbocycles. The molecule has 3 aromatic carbocycles. The smallest absolute Gasteiger partial charge is 0.191 e. The molecule has 4 rings (SSSR count). The molecule has 1 aliphatic heterocycles. The Kier molecular flexibility index (Phi) is 7.51. The SMILES string of the molecule is CCOc1ccccc1NC(=S)N/N=C1\CC(C)(C)Oc2ccc(OCc3ccc(F)cc3)cc21. The first-order valence-electron chi connectivity index (χ1n) is 11.4. The number of halogens is 1. The highest BCUT2D eigenvalue weighted by molar-refractivity contribution is 7.80. The third-order valence-corrected chi connectivity index (χ3v) is 5.48. The number of hydrazone groups is 1. The van der Waals surface area contributed by atoms with Crippen molar-refractivity contribution < 1.29 is 18.6 Å². The minimum Gasteiger partial charge on any atom is -0.492 e. The van der Waals surface area contributed by atoms with Crippen molar-refractivity contribution in [1.82, 2.24) is 5.43 Å². The summed E-state index contributed by atoms with van der Waals surface area (Å²) < 4.78 is 30.9. The summed E-state index contributed by atoms with van der Waals surface area (Å²) >= 11 is 5.47. The maximum absolute atomic E-state index is 13.2. The zero-order valence-electron chi connectivity index (χ0n) is 19.9. The van der Waals surface area contributed by atoms with Gasteiger partial charge in [-0.25, -0.2) is 4.39 Å². The maximum Gasteiger partial charge on any atom is 0.191 e. The number of rotatable bonds is 7. The summed E-state index contributed by atoms with van der Waals surface area (Å²) in [7, 11) is 0. The monoisotopic (exact) mass is 493 g/mol. The van der Waals surface area contributed by atoms with E-state index >= 15 is 0 Å². The Balaban J connectivity index is 1.50. The first-order chi connectivity index (χ1) is 16.8. The number of nitrogens with one attached hydrogen (secondary N) is 2. The van der Waals surface area contributed by atoms with E-state index in [1.165, 1.54) is 12.1 Å². The molecule has 0 atom stereocenters. The summed E-state index contributed by atoms with van der Waals surface area (Å²) in [5.74, 6) is 1.82. The first-order valence-corrected chi connectivity index (χ1v) is 11.8. The van der Waals surface area contributed by atoms with Crippen LogP contribution in [0.25, 0.3) is 0 Å². The molecule has 1 heterocycles. The molecule has 1 aliphatic rings. The van der Waals surface area contributed by atoms with Gasteiger partial charge in [-0.15, -0.1) is 0 Å². The second-order valence-electron chi connectivity index (χ2n) is 8.67. The molecule has 8 heteroatoms. The minimum atomic E-state index is -0.430.